The van der Waals surface area contributed by atoms with Crippen molar-refractivity contribution in [1.82, 2.24) is 5.32 Å². The molecule has 1 aliphatic heterocycles. The molecule has 0 spiro atoms. The van der Waals surface area contributed by atoms with Crippen LogP contribution in [-0.2, 0) is 11.3 Å². The maximum absolute atomic E-state index is 5.25. The zero-order valence-electron chi connectivity index (χ0n) is 10.1. The van der Waals surface area contributed by atoms with E-state index in [0.717, 1.165) is 19.6 Å². The molecule has 2 rings (SSSR count). The smallest absolute Gasteiger partial charge is 0.0733 e. The second kappa shape index (κ2) is 5.32. The van der Waals surface area contributed by atoms with E-state index in [0.29, 0.717) is 12.6 Å². The van der Waals surface area contributed by atoms with Gasteiger partial charge < -0.3 is 15.0 Å². The number of para-hydroxylation sites is 1. The number of methoxy groups -OCH3 is 1. The van der Waals surface area contributed by atoms with Crippen LogP contribution in [0.3, 0.4) is 0 Å². The number of hydrogen-bond donors (Lipinski definition) is 1. The molecular weight excluding hydrogens is 200 g/mol. The second-order valence-electron chi connectivity index (χ2n) is 4.31. The Bertz CT molecular complexity index is 340. The number of piperazine rings is 1. The maximum atomic E-state index is 5.25. The summed E-state index contributed by atoms with van der Waals surface area (Å²) < 4.78 is 5.25. The van der Waals surface area contributed by atoms with Gasteiger partial charge in [0.05, 0.1) is 6.61 Å². The van der Waals surface area contributed by atoms with Crippen molar-refractivity contribution in [3.63, 3.8) is 0 Å². The van der Waals surface area contributed by atoms with Gasteiger partial charge in [0.2, 0.25) is 0 Å². The van der Waals surface area contributed by atoms with Crippen molar-refractivity contribution in [2.75, 3.05) is 31.6 Å². The Morgan fingerprint density at radius 3 is 3.00 bits per heavy atom. The van der Waals surface area contributed by atoms with Crippen LogP contribution < -0.4 is 10.2 Å². The zero-order chi connectivity index (χ0) is 11.4. The highest BCUT2D eigenvalue weighted by Crippen LogP contribution is 2.23. The summed E-state index contributed by atoms with van der Waals surface area (Å²) in [6, 6.07) is 9.06. The monoisotopic (exact) mass is 220 g/mol. The lowest BCUT2D eigenvalue weighted by atomic mass is 10.1. The van der Waals surface area contributed by atoms with Gasteiger partial charge in [-0.3, -0.25) is 0 Å². The number of benzene rings is 1. The summed E-state index contributed by atoms with van der Waals surface area (Å²) in [5, 5.41) is 3.41. The van der Waals surface area contributed by atoms with Gasteiger partial charge in [-0.2, -0.15) is 0 Å². The van der Waals surface area contributed by atoms with Crippen LogP contribution >= 0.6 is 0 Å². The highest BCUT2D eigenvalue weighted by molar-refractivity contribution is 5.54. The normalized spacial score (nSPS) is 21.1. The lowest BCUT2D eigenvalue weighted by Crippen LogP contribution is -2.50. The zero-order valence-corrected chi connectivity index (χ0v) is 10.1. The van der Waals surface area contributed by atoms with E-state index in [2.05, 4.69) is 41.4 Å². The van der Waals surface area contributed by atoms with Crippen LogP contribution in [0.25, 0.3) is 0 Å². The Morgan fingerprint density at radius 1 is 1.44 bits per heavy atom. The first-order chi connectivity index (χ1) is 7.83. The van der Waals surface area contributed by atoms with Gasteiger partial charge in [-0.05, 0) is 13.0 Å². The van der Waals surface area contributed by atoms with Crippen molar-refractivity contribution in [3.05, 3.63) is 29.8 Å². The molecule has 1 aliphatic rings. The molecule has 1 fully saturated rings. The van der Waals surface area contributed by atoms with Crippen molar-refractivity contribution in [2.24, 2.45) is 0 Å². The molecule has 0 radical (unpaired) electrons. The van der Waals surface area contributed by atoms with Crippen LogP contribution in [0, 0.1) is 0 Å². The third-order valence-corrected chi connectivity index (χ3v) is 3.10. The fourth-order valence-electron chi connectivity index (χ4n) is 2.27. The van der Waals surface area contributed by atoms with Gasteiger partial charge in [-0.15, -0.1) is 0 Å². The molecule has 0 bridgehead atoms. The Labute approximate surface area is 97.4 Å². The summed E-state index contributed by atoms with van der Waals surface area (Å²) in [7, 11) is 1.75. The molecule has 0 aliphatic carbocycles. The van der Waals surface area contributed by atoms with E-state index in [1.165, 1.54) is 11.3 Å². The van der Waals surface area contributed by atoms with Gasteiger partial charge in [-0.25, -0.2) is 0 Å². The maximum Gasteiger partial charge on any atom is 0.0733 e. The van der Waals surface area contributed by atoms with Crippen LogP contribution in [0.1, 0.15) is 12.5 Å². The first-order valence-electron chi connectivity index (χ1n) is 5.87. The Kier molecular flexibility index (Phi) is 3.80. The number of ether oxygens (including phenoxy) is 1. The highest BCUT2D eigenvalue weighted by atomic mass is 16.5. The number of anilines is 1. The van der Waals surface area contributed by atoms with Gasteiger partial charge in [0.15, 0.2) is 0 Å². The molecule has 1 unspecified atom stereocenters. The number of rotatable bonds is 3. The first-order valence-corrected chi connectivity index (χ1v) is 5.87. The van der Waals surface area contributed by atoms with Crippen LogP contribution in [0.5, 0.6) is 0 Å². The minimum atomic E-state index is 0.548. The van der Waals surface area contributed by atoms with Crippen LogP contribution in [0.2, 0.25) is 0 Å². The van der Waals surface area contributed by atoms with Crippen LogP contribution in [0.15, 0.2) is 24.3 Å². The predicted molar refractivity (Wildman–Crippen MR) is 66.8 cm³/mol. The molecule has 1 atom stereocenters. The standard InChI is InChI=1S/C13H20N2O/c1-11-9-14-7-8-15(11)13-6-4-3-5-12(13)10-16-2/h3-6,11,14H,7-10H2,1-2H3. The molecule has 1 N–H and O–H groups in total. The van der Waals surface area contributed by atoms with E-state index in [-0.39, 0.29) is 0 Å². The molecule has 0 aromatic heterocycles. The molecule has 1 aromatic rings. The fourth-order valence-corrected chi connectivity index (χ4v) is 2.27. The first kappa shape index (κ1) is 11.4. The third-order valence-electron chi connectivity index (χ3n) is 3.10. The molecule has 16 heavy (non-hydrogen) atoms. The van der Waals surface area contributed by atoms with E-state index in [1.807, 2.05) is 0 Å². The molecule has 3 heteroatoms. The Hall–Kier alpha value is -1.06. The van der Waals surface area contributed by atoms with Crippen LogP contribution in [0.4, 0.5) is 5.69 Å². The molecule has 1 heterocycles. The largest absolute Gasteiger partial charge is 0.380 e. The molecule has 0 amide bonds. The Morgan fingerprint density at radius 2 is 2.25 bits per heavy atom. The Balaban J connectivity index is 2.23. The minimum absolute atomic E-state index is 0.548. The van der Waals surface area contributed by atoms with Gasteiger partial charge >= 0.3 is 0 Å². The van der Waals surface area contributed by atoms with Crippen molar-refractivity contribution in [2.45, 2.75) is 19.6 Å². The van der Waals surface area contributed by atoms with Gasteiger partial charge in [0.25, 0.3) is 0 Å². The van der Waals surface area contributed by atoms with E-state index in [4.69, 9.17) is 4.74 Å². The lowest BCUT2D eigenvalue weighted by Gasteiger charge is -2.37. The molecule has 88 valence electrons. The lowest BCUT2D eigenvalue weighted by molar-refractivity contribution is 0.185. The van der Waals surface area contributed by atoms with Gasteiger partial charge in [0, 0.05) is 44.0 Å². The highest BCUT2D eigenvalue weighted by Gasteiger charge is 2.19. The number of nitrogens with zero attached hydrogens (tertiary/aromatic N) is 1. The van der Waals surface area contributed by atoms with E-state index >= 15 is 0 Å². The third kappa shape index (κ3) is 2.36. The summed E-state index contributed by atoms with van der Waals surface area (Å²) >= 11 is 0. The van der Waals surface area contributed by atoms with Gasteiger partial charge in [0.1, 0.15) is 0 Å². The van der Waals surface area contributed by atoms with E-state index < -0.39 is 0 Å². The SMILES string of the molecule is COCc1ccccc1N1CCNCC1C. The second-order valence-corrected chi connectivity index (χ2v) is 4.31. The topological polar surface area (TPSA) is 24.5 Å². The van der Waals surface area contributed by atoms with Gasteiger partial charge in [-0.1, -0.05) is 18.2 Å². The predicted octanol–water partition coefficient (Wildman–Crippen LogP) is 1.63. The average Bonchev–Trinajstić information content (AvgIpc) is 2.31. The van der Waals surface area contributed by atoms with E-state index in [9.17, 15) is 0 Å². The fraction of sp³-hybridized carbons (Fsp3) is 0.538. The number of hydrogen-bond acceptors (Lipinski definition) is 3. The van der Waals surface area contributed by atoms with E-state index in [1.54, 1.807) is 7.11 Å². The molecule has 1 aromatic carbocycles. The summed E-state index contributed by atoms with van der Waals surface area (Å²) in [5.41, 5.74) is 2.59. The summed E-state index contributed by atoms with van der Waals surface area (Å²) in [4.78, 5) is 2.46. The summed E-state index contributed by atoms with van der Waals surface area (Å²) in [6.45, 7) is 6.14. The van der Waals surface area contributed by atoms with Crippen LogP contribution in [-0.4, -0.2) is 32.8 Å². The molecule has 1 saturated heterocycles. The quantitative estimate of drug-likeness (QED) is 0.838. The van der Waals surface area contributed by atoms with Crippen molar-refractivity contribution >= 4 is 5.69 Å². The summed E-state index contributed by atoms with van der Waals surface area (Å²) in [5.74, 6) is 0. The molecule has 0 saturated carbocycles. The average molecular weight is 220 g/mol. The van der Waals surface area contributed by atoms with Crippen molar-refractivity contribution in [1.29, 1.82) is 0 Å². The minimum Gasteiger partial charge on any atom is -0.380 e. The van der Waals surface area contributed by atoms with Crippen molar-refractivity contribution < 1.29 is 4.74 Å². The van der Waals surface area contributed by atoms with Crippen molar-refractivity contribution in [3.8, 4) is 0 Å². The molecular formula is C13H20N2O. The summed E-state index contributed by atoms with van der Waals surface area (Å²) in [6.07, 6.45) is 0. The number of nitrogens with one attached hydrogen (secondary N) is 1. The molecule has 3 nitrogen and oxygen atoms in total.